The van der Waals surface area contributed by atoms with E-state index < -0.39 is 0 Å². The Morgan fingerprint density at radius 2 is 1.68 bits per heavy atom. The highest BCUT2D eigenvalue weighted by Crippen LogP contribution is 2.25. The first-order valence-electron chi connectivity index (χ1n) is 8.06. The molecule has 1 aliphatic heterocycles. The molecule has 0 unspecified atom stereocenters. The van der Waals surface area contributed by atoms with E-state index in [-0.39, 0.29) is 5.75 Å². The van der Waals surface area contributed by atoms with Crippen molar-refractivity contribution in [1.82, 2.24) is 4.90 Å². The van der Waals surface area contributed by atoms with Crippen LogP contribution in [0.15, 0.2) is 48.5 Å². The molecule has 0 bridgehead atoms. The van der Waals surface area contributed by atoms with Gasteiger partial charge in [0, 0.05) is 6.54 Å². The second-order valence-electron chi connectivity index (χ2n) is 5.83. The van der Waals surface area contributed by atoms with Gasteiger partial charge in [-0.3, -0.25) is 4.90 Å². The van der Waals surface area contributed by atoms with Crippen molar-refractivity contribution >= 4 is 0 Å². The van der Waals surface area contributed by atoms with Crippen molar-refractivity contribution < 1.29 is 9.84 Å². The first-order valence-corrected chi connectivity index (χ1v) is 8.06. The van der Waals surface area contributed by atoms with E-state index in [9.17, 15) is 5.11 Å². The summed E-state index contributed by atoms with van der Waals surface area (Å²) in [6, 6.07) is 15.4. The van der Waals surface area contributed by atoms with Gasteiger partial charge in [-0.1, -0.05) is 30.7 Å². The molecule has 0 radical (unpaired) electrons. The number of hydrogen-bond acceptors (Lipinski definition) is 3. The molecule has 1 aliphatic rings. The number of hydrogen-bond donors (Lipinski definition) is 1. The smallest absolute Gasteiger partial charge is 0.119 e. The molecular formula is C19H23NO2. The van der Waals surface area contributed by atoms with E-state index in [1.807, 2.05) is 24.3 Å². The molecule has 3 heteroatoms. The van der Waals surface area contributed by atoms with Gasteiger partial charge in [-0.15, -0.1) is 0 Å². The average Bonchev–Trinajstić information content (AvgIpc) is 2.57. The topological polar surface area (TPSA) is 32.7 Å². The van der Waals surface area contributed by atoms with Crippen molar-refractivity contribution in [2.24, 2.45) is 0 Å². The minimum atomic E-state index is 0.290. The molecule has 1 saturated heterocycles. The molecular weight excluding hydrogens is 274 g/mol. The molecule has 0 spiro atoms. The zero-order chi connectivity index (χ0) is 15.2. The summed E-state index contributed by atoms with van der Waals surface area (Å²) in [4.78, 5) is 2.48. The molecule has 2 aromatic carbocycles. The first kappa shape index (κ1) is 14.9. The van der Waals surface area contributed by atoms with Gasteiger partial charge in [0.1, 0.15) is 18.1 Å². The van der Waals surface area contributed by atoms with Crippen LogP contribution < -0.4 is 4.74 Å². The Kier molecular flexibility index (Phi) is 4.96. The number of ether oxygens (including phenoxy) is 1. The van der Waals surface area contributed by atoms with Gasteiger partial charge in [-0.05, 0) is 61.3 Å². The molecule has 0 amide bonds. The third-order valence-electron chi connectivity index (χ3n) is 4.16. The average molecular weight is 297 g/mol. The summed E-state index contributed by atoms with van der Waals surface area (Å²) in [6.07, 6.45) is 4.00. The fourth-order valence-electron chi connectivity index (χ4n) is 2.89. The third-order valence-corrected chi connectivity index (χ3v) is 4.16. The van der Waals surface area contributed by atoms with Crippen molar-refractivity contribution in [2.45, 2.75) is 19.3 Å². The van der Waals surface area contributed by atoms with Crippen LogP contribution in [0.5, 0.6) is 11.5 Å². The first-order chi connectivity index (χ1) is 10.8. The van der Waals surface area contributed by atoms with Crippen molar-refractivity contribution in [1.29, 1.82) is 0 Å². The fraction of sp³-hybridized carbons (Fsp3) is 0.368. The van der Waals surface area contributed by atoms with Crippen LogP contribution in [0, 0.1) is 0 Å². The quantitative estimate of drug-likeness (QED) is 0.908. The van der Waals surface area contributed by atoms with Gasteiger partial charge < -0.3 is 9.84 Å². The second kappa shape index (κ2) is 7.32. The second-order valence-corrected chi connectivity index (χ2v) is 5.83. The van der Waals surface area contributed by atoms with Crippen molar-refractivity contribution in [3.63, 3.8) is 0 Å². The Bertz CT molecular complexity index is 589. The fourth-order valence-corrected chi connectivity index (χ4v) is 2.89. The molecule has 22 heavy (non-hydrogen) atoms. The van der Waals surface area contributed by atoms with Gasteiger partial charge in [0.25, 0.3) is 0 Å². The Morgan fingerprint density at radius 3 is 2.45 bits per heavy atom. The normalized spacial score (nSPS) is 15.6. The molecule has 1 heterocycles. The molecule has 116 valence electrons. The van der Waals surface area contributed by atoms with Crippen LogP contribution in [-0.4, -0.2) is 36.2 Å². The summed E-state index contributed by atoms with van der Waals surface area (Å²) >= 11 is 0. The maximum Gasteiger partial charge on any atom is 0.119 e. The van der Waals surface area contributed by atoms with Crippen LogP contribution in [-0.2, 0) is 0 Å². The van der Waals surface area contributed by atoms with Crippen LogP contribution in [0.4, 0.5) is 0 Å². The molecule has 0 atom stereocenters. The zero-order valence-electron chi connectivity index (χ0n) is 12.9. The number of likely N-dealkylation sites (tertiary alicyclic amines) is 1. The minimum absolute atomic E-state index is 0.290. The van der Waals surface area contributed by atoms with Crippen molar-refractivity contribution in [2.75, 3.05) is 26.2 Å². The molecule has 3 rings (SSSR count). The third kappa shape index (κ3) is 4.01. The Labute approximate surface area is 132 Å². The minimum Gasteiger partial charge on any atom is -0.508 e. The highest BCUT2D eigenvalue weighted by molar-refractivity contribution is 5.65. The van der Waals surface area contributed by atoms with E-state index in [0.717, 1.165) is 30.0 Å². The molecule has 0 aromatic heterocycles. The largest absolute Gasteiger partial charge is 0.508 e. The van der Waals surface area contributed by atoms with Crippen LogP contribution in [0.25, 0.3) is 11.1 Å². The Hall–Kier alpha value is -2.00. The van der Waals surface area contributed by atoms with Gasteiger partial charge in [-0.2, -0.15) is 0 Å². The Balaban J connectivity index is 1.57. The highest BCUT2D eigenvalue weighted by atomic mass is 16.5. The number of nitrogens with zero attached hydrogens (tertiary/aromatic N) is 1. The van der Waals surface area contributed by atoms with Crippen LogP contribution in [0.2, 0.25) is 0 Å². The van der Waals surface area contributed by atoms with Crippen LogP contribution in [0.3, 0.4) is 0 Å². The predicted molar refractivity (Wildman–Crippen MR) is 89.3 cm³/mol. The molecule has 0 aliphatic carbocycles. The van der Waals surface area contributed by atoms with Crippen LogP contribution in [0.1, 0.15) is 19.3 Å². The van der Waals surface area contributed by atoms with E-state index in [1.165, 1.54) is 32.4 Å². The van der Waals surface area contributed by atoms with Crippen LogP contribution >= 0.6 is 0 Å². The van der Waals surface area contributed by atoms with Gasteiger partial charge in [0.2, 0.25) is 0 Å². The number of piperidine rings is 1. The number of phenols is 1. The number of phenolic OH excluding ortho intramolecular Hbond substituents is 1. The molecule has 2 aromatic rings. The highest BCUT2D eigenvalue weighted by Gasteiger charge is 2.09. The molecule has 1 N–H and O–H groups in total. The van der Waals surface area contributed by atoms with Gasteiger partial charge in [-0.25, -0.2) is 0 Å². The zero-order valence-corrected chi connectivity index (χ0v) is 12.9. The van der Waals surface area contributed by atoms with E-state index in [4.69, 9.17) is 4.74 Å². The summed E-state index contributed by atoms with van der Waals surface area (Å²) in [5.41, 5.74) is 2.19. The summed E-state index contributed by atoms with van der Waals surface area (Å²) in [5, 5.41) is 9.37. The van der Waals surface area contributed by atoms with E-state index >= 15 is 0 Å². The van der Waals surface area contributed by atoms with E-state index in [0.29, 0.717) is 0 Å². The van der Waals surface area contributed by atoms with Gasteiger partial charge in [0.05, 0.1) is 0 Å². The molecule has 0 saturated carbocycles. The standard InChI is InChI=1S/C19H23NO2/c21-18-9-7-16(8-10-18)17-5-4-6-19(15-17)22-14-13-20-11-2-1-3-12-20/h4-10,15,21H,1-3,11-14H2. The summed E-state index contributed by atoms with van der Waals surface area (Å²) < 4.78 is 5.90. The van der Waals surface area contributed by atoms with Crippen molar-refractivity contribution in [3.05, 3.63) is 48.5 Å². The number of aromatic hydroxyl groups is 1. The molecule has 1 fully saturated rings. The number of rotatable bonds is 5. The van der Waals surface area contributed by atoms with Gasteiger partial charge >= 0.3 is 0 Å². The monoisotopic (exact) mass is 297 g/mol. The van der Waals surface area contributed by atoms with Crippen molar-refractivity contribution in [3.8, 4) is 22.6 Å². The maximum absolute atomic E-state index is 9.37. The summed E-state index contributed by atoms with van der Waals surface area (Å²) in [6.45, 7) is 4.15. The lowest BCUT2D eigenvalue weighted by Crippen LogP contribution is -2.33. The predicted octanol–water partition coefficient (Wildman–Crippen LogP) is 3.92. The maximum atomic E-state index is 9.37. The lowest BCUT2D eigenvalue weighted by atomic mass is 10.1. The lowest BCUT2D eigenvalue weighted by Gasteiger charge is -2.26. The van der Waals surface area contributed by atoms with E-state index in [2.05, 4.69) is 17.0 Å². The Morgan fingerprint density at radius 1 is 0.909 bits per heavy atom. The van der Waals surface area contributed by atoms with E-state index in [1.54, 1.807) is 12.1 Å². The lowest BCUT2D eigenvalue weighted by molar-refractivity contribution is 0.183. The summed E-state index contributed by atoms with van der Waals surface area (Å²) in [5.74, 6) is 1.19. The SMILES string of the molecule is Oc1ccc(-c2cccc(OCCN3CCCCC3)c2)cc1. The number of benzene rings is 2. The summed E-state index contributed by atoms with van der Waals surface area (Å²) in [7, 11) is 0. The van der Waals surface area contributed by atoms with Gasteiger partial charge in [0.15, 0.2) is 0 Å². The molecule has 3 nitrogen and oxygen atoms in total.